The average molecular weight is 336 g/mol. The molecule has 0 radical (unpaired) electrons. The Hall–Kier alpha value is -2.44. The SMILES string of the molecule is C[C@H]1CCCN(C(=O)COC(=O)CNC(=O)c2cccc(F)c2)C1. The topological polar surface area (TPSA) is 75.7 Å². The van der Waals surface area contributed by atoms with E-state index in [1.807, 2.05) is 0 Å². The number of nitrogens with zero attached hydrogens (tertiary/aromatic N) is 1. The lowest BCUT2D eigenvalue weighted by atomic mass is 10.0. The van der Waals surface area contributed by atoms with E-state index in [0.717, 1.165) is 18.9 Å². The molecular weight excluding hydrogens is 315 g/mol. The third-order valence-electron chi connectivity index (χ3n) is 3.85. The third-order valence-corrected chi connectivity index (χ3v) is 3.85. The molecule has 130 valence electrons. The van der Waals surface area contributed by atoms with Gasteiger partial charge >= 0.3 is 5.97 Å². The second-order valence-corrected chi connectivity index (χ2v) is 5.94. The van der Waals surface area contributed by atoms with Crippen molar-refractivity contribution in [2.24, 2.45) is 5.92 Å². The van der Waals surface area contributed by atoms with Crippen LogP contribution in [0.15, 0.2) is 24.3 Å². The maximum atomic E-state index is 13.0. The van der Waals surface area contributed by atoms with Gasteiger partial charge in [-0.25, -0.2) is 4.39 Å². The number of likely N-dealkylation sites (tertiary alicyclic amines) is 1. The van der Waals surface area contributed by atoms with Crippen LogP contribution in [-0.4, -0.2) is 48.9 Å². The van der Waals surface area contributed by atoms with Crippen molar-refractivity contribution in [1.82, 2.24) is 10.2 Å². The Kier molecular flexibility index (Phi) is 6.28. The summed E-state index contributed by atoms with van der Waals surface area (Å²) in [6, 6.07) is 5.13. The molecule has 1 N–H and O–H groups in total. The number of ether oxygens (including phenoxy) is 1. The lowest BCUT2D eigenvalue weighted by Crippen LogP contribution is -2.42. The molecule has 0 bridgehead atoms. The Balaban J connectivity index is 1.71. The summed E-state index contributed by atoms with van der Waals surface area (Å²) in [6.07, 6.45) is 2.04. The molecule has 1 aromatic carbocycles. The van der Waals surface area contributed by atoms with Crippen molar-refractivity contribution in [3.63, 3.8) is 0 Å². The number of amides is 2. The molecule has 1 atom stereocenters. The second-order valence-electron chi connectivity index (χ2n) is 5.94. The molecule has 2 rings (SSSR count). The predicted molar refractivity (Wildman–Crippen MR) is 84.7 cm³/mol. The van der Waals surface area contributed by atoms with Gasteiger partial charge in [0.25, 0.3) is 11.8 Å². The Bertz CT molecular complexity index is 620. The highest BCUT2D eigenvalue weighted by Gasteiger charge is 2.21. The van der Waals surface area contributed by atoms with Gasteiger partial charge in [0, 0.05) is 18.7 Å². The summed E-state index contributed by atoms with van der Waals surface area (Å²) in [7, 11) is 0. The van der Waals surface area contributed by atoms with Crippen LogP contribution >= 0.6 is 0 Å². The summed E-state index contributed by atoms with van der Waals surface area (Å²) in [5.41, 5.74) is 0.112. The summed E-state index contributed by atoms with van der Waals surface area (Å²) < 4.78 is 17.9. The molecule has 2 amide bonds. The van der Waals surface area contributed by atoms with Crippen molar-refractivity contribution in [3.05, 3.63) is 35.6 Å². The first-order chi connectivity index (χ1) is 11.5. The fraction of sp³-hybridized carbons (Fsp3) is 0.471. The lowest BCUT2D eigenvalue weighted by molar-refractivity contribution is -0.151. The highest BCUT2D eigenvalue weighted by molar-refractivity contribution is 5.96. The number of hydrogen-bond acceptors (Lipinski definition) is 4. The number of halogens is 1. The van der Waals surface area contributed by atoms with Gasteiger partial charge in [0.15, 0.2) is 6.61 Å². The van der Waals surface area contributed by atoms with Crippen LogP contribution in [0.2, 0.25) is 0 Å². The molecule has 1 saturated heterocycles. The highest BCUT2D eigenvalue weighted by atomic mass is 19.1. The van der Waals surface area contributed by atoms with Gasteiger partial charge in [-0.05, 0) is 37.0 Å². The van der Waals surface area contributed by atoms with Crippen LogP contribution in [0.1, 0.15) is 30.1 Å². The van der Waals surface area contributed by atoms with Gasteiger partial charge < -0.3 is 15.0 Å². The molecule has 0 unspecified atom stereocenters. The normalized spacial score (nSPS) is 17.2. The molecule has 0 aliphatic carbocycles. The molecule has 0 spiro atoms. The number of nitrogens with one attached hydrogen (secondary N) is 1. The standard InChI is InChI=1S/C17H21FN2O4/c1-12-4-3-7-20(10-12)15(21)11-24-16(22)9-19-17(23)13-5-2-6-14(18)8-13/h2,5-6,8,12H,3-4,7,9-11H2,1H3,(H,19,23)/t12-/m0/s1. The van der Waals surface area contributed by atoms with Crippen LogP contribution in [0.25, 0.3) is 0 Å². The molecule has 1 aromatic rings. The Morgan fingerprint density at radius 2 is 2.17 bits per heavy atom. The van der Waals surface area contributed by atoms with Gasteiger partial charge in [0.05, 0.1) is 0 Å². The van der Waals surface area contributed by atoms with Gasteiger partial charge in [-0.2, -0.15) is 0 Å². The lowest BCUT2D eigenvalue weighted by Gasteiger charge is -2.30. The van der Waals surface area contributed by atoms with Crippen molar-refractivity contribution in [2.45, 2.75) is 19.8 Å². The van der Waals surface area contributed by atoms with E-state index in [4.69, 9.17) is 4.74 Å². The number of rotatable bonds is 5. The molecular formula is C17H21FN2O4. The molecule has 0 aromatic heterocycles. The minimum Gasteiger partial charge on any atom is -0.454 e. The van der Waals surface area contributed by atoms with Gasteiger partial charge in [0.2, 0.25) is 0 Å². The van der Waals surface area contributed by atoms with Crippen LogP contribution in [0, 0.1) is 11.7 Å². The maximum Gasteiger partial charge on any atom is 0.325 e. The zero-order chi connectivity index (χ0) is 17.5. The zero-order valence-corrected chi connectivity index (χ0v) is 13.6. The van der Waals surface area contributed by atoms with Crippen molar-refractivity contribution in [2.75, 3.05) is 26.2 Å². The first kappa shape index (κ1) is 17.9. The van der Waals surface area contributed by atoms with Crippen LogP contribution in [0.5, 0.6) is 0 Å². The molecule has 1 heterocycles. The van der Waals surface area contributed by atoms with Gasteiger partial charge in [-0.1, -0.05) is 13.0 Å². The van der Waals surface area contributed by atoms with Gasteiger partial charge in [-0.3, -0.25) is 14.4 Å². The molecule has 1 fully saturated rings. The number of piperidine rings is 1. The second kappa shape index (κ2) is 8.42. The van der Waals surface area contributed by atoms with E-state index in [1.54, 1.807) is 4.90 Å². The largest absolute Gasteiger partial charge is 0.454 e. The average Bonchev–Trinajstić information content (AvgIpc) is 2.57. The van der Waals surface area contributed by atoms with E-state index in [9.17, 15) is 18.8 Å². The fourth-order valence-corrected chi connectivity index (χ4v) is 2.58. The van der Waals surface area contributed by atoms with E-state index < -0.39 is 17.7 Å². The Morgan fingerprint density at radius 1 is 1.38 bits per heavy atom. The van der Waals surface area contributed by atoms with Crippen molar-refractivity contribution in [3.8, 4) is 0 Å². The van der Waals surface area contributed by atoms with Crippen LogP contribution in [0.4, 0.5) is 4.39 Å². The van der Waals surface area contributed by atoms with Crippen molar-refractivity contribution in [1.29, 1.82) is 0 Å². The highest BCUT2D eigenvalue weighted by Crippen LogP contribution is 2.15. The van der Waals surface area contributed by atoms with E-state index >= 15 is 0 Å². The van der Waals surface area contributed by atoms with Gasteiger partial charge in [0.1, 0.15) is 12.4 Å². The number of esters is 1. The fourth-order valence-electron chi connectivity index (χ4n) is 2.58. The first-order valence-electron chi connectivity index (χ1n) is 7.93. The van der Waals surface area contributed by atoms with Crippen molar-refractivity contribution < 1.29 is 23.5 Å². The summed E-state index contributed by atoms with van der Waals surface area (Å²) in [4.78, 5) is 37.0. The number of benzene rings is 1. The number of carbonyl (C=O) groups is 3. The Labute approximate surface area is 140 Å². The van der Waals surface area contributed by atoms with Gasteiger partial charge in [-0.15, -0.1) is 0 Å². The van der Waals surface area contributed by atoms with E-state index in [1.165, 1.54) is 18.2 Å². The molecule has 1 aliphatic rings. The van der Waals surface area contributed by atoms with Crippen LogP contribution in [0.3, 0.4) is 0 Å². The minimum atomic E-state index is -0.710. The monoisotopic (exact) mass is 336 g/mol. The van der Waals surface area contributed by atoms with Crippen molar-refractivity contribution >= 4 is 17.8 Å². The zero-order valence-electron chi connectivity index (χ0n) is 13.6. The molecule has 1 aliphatic heterocycles. The molecule has 24 heavy (non-hydrogen) atoms. The Morgan fingerprint density at radius 3 is 2.88 bits per heavy atom. The summed E-state index contributed by atoms with van der Waals surface area (Å²) >= 11 is 0. The number of carbonyl (C=O) groups excluding carboxylic acids is 3. The van der Waals surface area contributed by atoms with Crippen LogP contribution in [-0.2, 0) is 14.3 Å². The summed E-state index contributed by atoms with van der Waals surface area (Å²) in [5.74, 6) is -1.61. The number of hydrogen-bond donors (Lipinski definition) is 1. The maximum absolute atomic E-state index is 13.0. The van der Waals surface area contributed by atoms with E-state index in [0.29, 0.717) is 19.0 Å². The van der Waals surface area contributed by atoms with E-state index in [-0.39, 0.29) is 24.6 Å². The van der Waals surface area contributed by atoms with E-state index in [2.05, 4.69) is 12.2 Å². The minimum absolute atomic E-state index is 0.112. The first-order valence-corrected chi connectivity index (χ1v) is 7.93. The summed E-state index contributed by atoms with van der Waals surface area (Å²) in [6.45, 7) is 2.72. The molecule has 7 heteroatoms. The molecule has 6 nitrogen and oxygen atoms in total. The third kappa shape index (κ3) is 5.33. The molecule has 0 saturated carbocycles. The van der Waals surface area contributed by atoms with Crippen LogP contribution < -0.4 is 5.32 Å². The summed E-state index contributed by atoms with van der Waals surface area (Å²) in [5, 5.41) is 2.33. The smallest absolute Gasteiger partial charge is 0.325 e. The predicted octanol–water partition coefficient (Wildman–Crippen LogP) is 1.36. The quantitative estimate of drug-likeness (QED) is 0.824.